The Morgan fingerprint density at radius 3 is 2.55 bits per heavy atom. The standard InChI is InChI=1S/C11H8ClF3N4O/c12-5-1-2-7(20-11(13,14)15)6(3-5)9-10(17)18-4-8(16)19-9/h1-4H,(H2,16,19)(H2,17,18). The van der Waals surface area contributed by atoms with Crippen molar-refractivity contribution in [3.8, 4) is 17.0 Å². The van der Waals surface area contributed by atoms with Crippen molar-refractivity contribution in [3.63, 3.8) is 0 Å². The van der Waals surface area contributed by atoms with Crippen LogP contribution in [0.5, 0.6) is 5.75 Å². The summed E-state index contributed by atoms with van der Waals surface area (Å²) < 4.78 is 41.0. The van der Waals surface area contributed by atoms with E-state index in [9.17, 15) is 13.2 Å². The summed E-state index contributed by atoms with van der Waals surface area (Å²) in [7, 11) is 0. The van der Waals surface area contributed by atoms with Gasteiger partial charge in [-0.15, -0.1) is 13.2 Å². The Kier molecular flexibility index (Phi) is 3.58. The van der Waals surface area contributed by atoms with E-state index in [1.807, 2.05) is 0 Å². The molecule has 106 valence electrons. The first kappa shape index (κ1) is 14.2. The smallest absolute Gasteiger partial charge is 0.405 e. The monoisotopic (exact) mass is 304 g/mol. The van der Waals surface area contributed by atoms with E-state index in [1.165, 1.54) is 18.3 Å². The molecule has 0 atom stereocenters. The third kappa shape index (κ3) is 3.21. The van der Waals surface area contributed by atoms with Crippen molar-refractivity contribution in [2.75, 3.05) is 11.5 Å². The van der Waals surface area contributed by atoms with Crippen LogP contribution in [0, 0.1) is 0 Å². The van der Waals surface area contributed by atoms with Crippen LogP contribution in [0.15, 0.2) is 24.4 Å². The fraction of sp³-hybridized carbons (Fsp3) is 0.0909. The maximum absolute atomic E-state index is 12.4. The van der Waals surface area contributed by atoms with Crippen LogP contribution in [-0.2, 0) is 0 Å². The molecule has 1 heterocycles. The number of halogens is 4. The SMILES string of the molecule is Nc1cnc(N)c(-c2cc(Cl)ccc2OC(F)(F)F)n1. The van der Waals surface area contributed by atoms with Gasteiger partial charge >= 0.3 is 6.36 Å². The van der Waals surface area contributed by atoms with Gasteiger partial charge in [-0.3, -0.25) is 0 Å². The quantitative estimate of drug-likeness (QED) is 0.891. The van der Waals surface area contributed by atoms with Crippen LogP contribution in [0.4, 0.5) is 24.8 Å². The summed E-state index contributed by atoms with van der Waals surface area (Å²) in [5, 5.41) is 0.193. The lowest BCUT2D eigenvalue weighted by Gasteiger charge is -2.14. The second-order valence-electron chi connectivity index (χ2n) is 3.72. The van der Waals surface area contributed by atoms with Crippen molar-refractivity contribution >= 4 is 23.2 Å². The average Bonchev–Trinajstić information content (AvgIpc) is 2.33. The van der Waals surface area contributed by atoms with Gasteiger partial charge in [0.15, 0.2) is 0 Å². The summed E-state index contributed by atoms with van der Waals surface area (Å²) in [6.45, 7) is 0. The molecule has 0 radical (unpaired) electrons. The normalized spacial score (nSPS) is 11.4. The zero-order valence-corrected chi connectivity index (χ0v) is 10.5. The van der Waals surface area contributed by atoms with Gasteiger partial charge in [0, 0.05) is 10.6 Å². The predicted octanol–water partition coefficient (Wildman–Crippen LogP) is 2.86. The van der Waals surface area contributed by atoms with E-state index in [-0.39, 0.29) is 27.9 Å². The molecule has 0 fully saturated rings. The highest BCUT2D eigenvalue weighted by atomic mass is 35.5. The molecule has 4 N–H and O–H groups in total. The fourth-order valence-electron chi connectivity index (χ4n) is 1.51. The summed E-state index contributed by atoms with van der Waals surface area (Å²) in [5.41, 5.74) is 11.0. The van der Waals surface area contributed by atoms with Crippen molar-refractivity contribution < 1.29 is 17.9 Å². The van der Waals surface area contributed by atoms with E-state index in [0.29, 0.717) is 0 Å². The topological polar surface area (TPSA) is 87.0 Å². The van der Waals surface area contributed by atoms with E-state index in [2.05, 4.69) is 14.7 Å². The first-order valence-electron chi connectivity index (χ1n) is 5.20. The summed E-state index contributed by atoms with van der Waals surface area (Å²) in [4.78, 5) is 7.59. The van der Waals surface area contributed by atoms with Gasteiger partial charge in [-0.2, -0.15) is 0 Å². The number of nitrogens with zero attached hydrogens (tertiary/aromatic N) is 2. The van der Waals surface area contributed by atoms with E-state index in [1.54, 1.807) is 0 Å². The molecule has 0 spiro atoms. The Morgan fingerprint density at radius 1 is 1.20 bits per heavy atom. The average molecular weight is 305 g/mol. The lowest BCUT2D eigenvalue weighted by molar-refractivity contribution is -0.274. The molecule has 2 aromatic rings. The van der Waals surface area contributed by atoms with Crippen LogP contribution >= 0.6 is 11.6 Å². The molecule has 0 amide bonds. The lowest BCUT2D eigenvalue weighted by atomic mass is 10.1. The molecule has 0 aliphatic heterocycles. The van der Waals surface area contributed by atoms with E-state index >= 15 is 0 Å². The molecule has 0 aliphatic carbocycles. The number of nitrogen functional groups attached to an aromatic ring is 2. The summed E-state index contributed by atoms with van der Waals surface area (Å²) in [6, 6.07) is 3.56. The molecule has 0 saturated carbocycles. The third-order valence-corrected chi connectivity index (χ3v) is 2.48. The molecule has 0 unspecified atom stereocenters. The van der Waals surface area contributed by atoms with E-state index in [0.717, 1.165) is 6.07 Å². The van der Waals surface area contributed by atoms with Gasteiger partial charge in [-0.1, -0.05) is 11.6 Å². The van der Waals surface area contributed by atoms with Gasteiger partial charge in [0.05, 0.1) is 6.20 Å². The summed E-state index contributed by atoms with van der Waals surface area (Å²) >= 11 is 5.77. The number of rotatable bonds is 2. The molecule has 2 rings (SSSR count). The minimum Gasteiger partial charge on any atom is -0.405 e. The van der Waals surface area contributed by atoms with Crippen molar-refractivity contribution in [3.05, 3.63) is 29.4 Å². The second kappa shape index (κ2) is 5.04. The number of benzene rings is 1. The van der Waals surface area contributed by atoms with E-state index in [4.69, 9.17) is 23.1 Å². The Balaban J connectivity index is 2.60. The van der Waals surface area contributed by atoms with Crippen LogP contribution in [0.2, 0.25) is 5.02 Å². The number of alkyl halides is 3. The van der Waals surface area contributed by atoms with Crippen LogP contribution < -0.4 is 16.2 Å². The first-order valence-corrected chi connectivity index (χ1v) is 5.58. The Hall–Kier alpha value is -2.22. The highest BCUT2D eigenvalue weighted by molar-refractivity contribution is 6.31. The Morgan fingerprint density at radius 2 is 1.90 bits per heavy atom. The van der Waals surface area contributed by atoms with Gasteiger partial charge in [-0.05, 0) is 18.2 Å². The minimum absolute atomic E-state index is 0.00661. The molecule has 5 nitrogen and oxygen atoms in total. The summed E-state index contributed by atoms with van der Waals surface area (Å²) in [6.07, 6.45) is -3.67. The van der Waals surface area contributed by atoms with Crippen LogP contribution in [0.25, 0.3) is 11.3 Å². The van der Waals surface area contributed by atoms with Gasteiger partial charge in [0.25, 0.3) is 0 Å². The maximum atomic E-state index is 12.4. The van der Waals surface area contributed by atoms with Crippen molar-refractivity contribution in [2.24, 2.45) is 0 Å². The minimum atomic E-state index is -4.86. The van der Waals surface area contributed by atoms with Crippen LogP contribution in [-0.4, -0.2) is 16.3 Å². The van der Waals surface area contributed by atoms with Gasteiger partial charge in [-0.25, -0.2) is 9.97 Å². The first-order chi connectivity index (χ1) is 9.26. The molecule has 1 aromatic carbocycles. The molecule has 0 bridgehead atoms. The highest BCUT2D eigenvalue weighted by Gasteiger charge is 2.32. The second-order valence-corrected chi connectivity index (χ2v) is 4.15. The molecular weight excluding hydrogens is 297 g/mol. The molecule has 0 aliphatic rings. The zero-order chi connectivity index (χ0) is 14.9. The largest absolute Gasteiger partial charge is 0.573 e. The van der Waals surface area contributed by atoms with Crippen LogP contribution in [0.1, 0.15) is 0 Å². The maximum Gasteiger partial charge on any atom is 0.573 e. The van der Waals surface area contributed by atoms with Crippen LogP contribution in [0.3, 0.4) is 0 Å². The van der Waals surface area contributed by atoms with E-state index < -0.39 is 12.1 Å². The van der Waals surface area contributed by atoms with Crippen molar-refractivity contribution in [1.29, 1.82) is 0 Å². The third-order valence-electron chi connectivity index (χ3n) is 2.24. The number of ether oxygens (including phenoxy) is 1. The molecular formula is C11H8ClF3N4O. The fourth-order valence-corrected chi connectivity index (χ4v) is 1.68. The lowest BCUT2D eigenvalue weighted by Crippen LogP contribution is -2.18. The van der Waals surface area contributed by atoms with Crippen molar-refractivity contribution in [1.82, 2.24) is 9.97 Å². The summed E-state index contributed by atoms with van der Waals surface area (Å²) in [5.74, 6) is -0.575. The van der Waals surface area contributed by atoms with Gasteiger partial charge in [0.2, 0.25) is 0 Å². The number of nitrogens with two attached hydrogens (primary N) is 2. The molecule has 9 heteroatoms. The Labute approximate surface area is 116 Å². The number of hydrogen-bond donors (Lipinski definition) is 2. The number of aromatic nitrogens is 2. The number of anilines is 2. The molecule has 20 heavy (non-hydrogen) atoms. The van der Waals surface area contributed by atoms with Crippen molar-refractivity contribution in [2.45, 2.75) is 6.36 Å². The molecule has 1 aromatic heterocycles. The number of hydrogen-bond acceptors (Lipinski definition) is 5. The Bertz CT molecular complexity index is 648. The van der Waals surface area contributed by atoms with Gasteiger partial charge in [0.1, 0.15) is 23.1 Å². The predicted molar refractivity (Wildman–Crippen MR) is 68.0 cm³/mol. The molecule has 0 saturated heterocycles. The highest BCUT2D eigenvalue weighted by Crippen LogP contribution is 2.36. The zero-order valence-electron chi connectivity index (χ0n) is 9.78. The van der Waals surface area contributed by atoms with Gasteiger partial charge < -0.3 is 16.2 Å².